The molecular weight excluding hydrogens is 185 g/mol. The van der Waals surface area contributed by atoms with Crippen LogP contribution in [0.2, 0.25) is 0 Å². The van der Waals surface area contributed by atoms with Crippen molar-refractivity contribution in [3.63, 3.8) is 0 Å². The van der Waals surface area contributed by atoms with Crippen molar-refractivity contribution in [2.75, 3.05) is 20.6 Å². The predicted molar refractivity (Wildman–Crippen MR) is 54.0 cm³/mol. The first-order valence-electron chi connectivity index (χ1n) is 3.49. The molecule has 11 heavy (non-hydrogen) atoms. The van der Waals surface area contributed by atoms with Crippen LogP contribution >= 0.6 is 24.8 Å². The summed E-state index contributed by atoms with van der Waals surface area (Å²) in [7, 11) is 4.03. The van der Waals surface area contributed by atoms with E-state index in [9.17, 15) is 0 Å². The molecule has 0 aromatic heterocycles. The summed E-state index contributed by atoms with van der Waals surface area (Å²) in [5.41, 5.74) is 0. The molecule has 0 fully saturated rings. The van der Waals surface area contributed by atoms with E-state index in [1.54, 1.807) is 0 Å². The van der Waals surface area contributed by atoms with E-state index in [4.69, 9.17) is 5.11 Å². The van der Waals surface area contributed by atoms with E-state index < -0.39 is 0 Å². The lowest BCUT2D eigenvalue weighted by atomic mass is 10.2. The summed E-state index contributed by atoms with van der Waals surface area (Å²) >= 11 is 0. The van der Waals surface area contributed by atoms with Crippen LogP contribution in [0.5, 0.6) is 0 Å². The molecule has 0 radical (unpaired) electrons. The molecule has 0 aromatic carbocycles. The van der Waals surface area contributed by atoms with Gasteiger partial charge in [0.15, 0.2) is 0 Å². The van der Waals surface area contributed by atoms with E-state index in [0.29, 0.717) is 0 Å². The van der Waals surface area contributed by atoms with Gasteiger partial charge in [0.2, 0.25) is 0 Å². The second kappa shape index (κ2) is 10.5. The van der Waals surface area contributed by atoms with Crippen LogP contribution in [0.4, 0.5) is 0 Å². The molecule has 0 saturated heterocycles. The van der Waals surface area contributed by atoms with Crippen LogP contribution in [0.3, 0.4) is 0 Å². The molecule has 1 unspecified atom stereocenters. The summed E-state index contributed by atoms with van der Waals surface area (Å²) in [5.74, 6) is 0. The molecule has 0 heterocycles. The number of aliphatic hydroxyl groups is 1. The lowest BCUT2D eigenvalue weighted by Crippen LogP contribution is -2.18. The first kappa shape index (κ1) is 17.5. The molecule has 0 aliphatic carbocycles. The number of hydrogen-bond donors (Lipinski definition) is 1. The Bertz CT molecular complexity index is 71.5. The summed E-state index contributed by atoms with van der Waals surface area (Å²) in [5, 5.41) is 9.08. The standard InChI is InChI=1S/C7H17NO.2ClH/c1-4-7(9)5-6-8(2)3;;/h7,9H,4-6H2,1-3H3;2*1H. The molecule has 4 heteroatoms. The van der Waals surface area contributed by atoms with Gasteiger partial charge in [-0.15, -0.1) is 24.8 Å². The van der Waals surface area contributed by atoms with Crippen molar-refractivity contribution in [1.29, 1.82) is 0 Å². The summed E-state index contributed by atoms with van der Waals surface area (Å²) in [6, 6.07) is 0. The smallest absolute Gasteiger partial charge is 0.0549 e. The monoisotopic (exact) mass is 203 g/mol. The Hall–Kier alpha value is 0.500. The Morgan fingerprint density at radius 1 is 1.27 bits per heavy atom. The van der Waals surface area contributed by atoms with Gasteiger partial charge in [0, 0.05) is 0 Å². The predicted octanol–water partition coefficient (Wildman–Crippen LogP) is 1.55. The van der Waals surface area contributed by atoms with Gasteiger partial charge in [-0.25, -0.2) is 0 Å². The molecular formula is C7H19Cl2NO. The van der Waals surface area contributed by atoms with Crippen LogP contribution < -0.4 is 0 Å². The van der Waals surface area contributed by atoms with Gasteiger partial charge >= 0.3 is 0 Å². The first-order chi connectivity index (χ1) is 4.16. The highest BCUT2D eigenvalue weighted by atomic mass is 35.5. The molecule has 0 aliphatic heterocycles. The minimum atomic E-state index is -0.104. The minimum absolute atomic E-state index is 0. The highest BCUT2D eigenvalue weighted by Crippen LogP contribution is 1.96. The number of aliphatic hydroxyl groups excluding tert-OH is 1. The summed E-state index contributed by atoms with van der Waals surface area (Å²) < 4.78 is 0. The molecule has 1 atom stereocenters. The second-order valence-electron chi connectivity index (χ2n) is 2.65. The van der Waals surface area contributed by atoms with Crippen LogP contribution in [-0.4, -0.2) is 36.8 Å². The van der Waals surface area contributed by atoms with Gasteiger partial charge in [-0.1, -0.05) is 6.92 Å². The number of nitrogens with zero attached hydrogens (tertiary/aromatic N) is 1. The fourth-order valence-electron chi connectivity index (χ4n) is 0.611. The fraction of sp³-hybridized carbons (Fsp3) is 1.00. The van der Waals surface area contributed by atoms with Gasteiger partial charge in [-0.2, -0.15) is 0 Å². The average Bonchev–Trinajstić information content (AvgIpc) is 1.83. The van der Waals surface area contributed by atoms with Gasteiger partial charge in [0.05, 0.1) is 6.10 Å². The topological polar surface area (TPSA) is 23.5 Å². The van der Waals surface area contributed by atoms with Gasteiger partial charge in [0.25, 0.3) is 0 Å². The summed E-state index contributed by atoms with van der Waals surface area (Å²) in [6.45, 7) is 2.98. The molecule has 0 rings (SSSR count). The van der Waals surface area contributed by atoms with Gasteiger partial charge in [-0.3, -0.25) is 0 Å². The van der Waals surface area contributed by atoms with Crippen LogP contribution in [-0.2, 0) is 0 Å². The third-order valence-corrected chi connectivity index (χ3v) is 1.38. The molecule has 0 spiro atoms. The van der Waals surface area contributed by atoms with Crippen LogP contribution in [0, 0.1) is 0 Å². The molecule has 0 saturated carbocycles. The fourth-order valence-corrected chi connectivity index (χ4v) is 0.611. The molecule has 0 bridgehead atoms. The average molecular weight is 204 g/mol. The number of hydrogen-bond acceptors (Lipinski definition) is 2. The number of rotatable bonds is 4. The first-order valence-corrected chi connectivity index (χ1v) is 3.49. The van der Waals surface area contributed by atoms with Gasteiger partial charge < -0.3 is 10.0 Å². The molecule has 0 aliphatic rings. The number of halogens is 2. The van der Waals surface area contributed by atoms with E-state index in [1.807, 2.05) is 21.0 Å². The Kier molecular flexibility index (Phi) is 16.8. The van der Waals surface area contributed by atoms with Crippen LogP contribution in [0.25, 0.3) is 0 Å². The van der Waals surface area contributed by atoms with E-state index in [-0.39, 0.29) is 30.9 Å². The lowest BCUT2D eigenvalue weighted by Gasteiger charge is -2.11. The summed E-state index contributed by atoms with van der Waals surface area (Å²) in [6.07, 6.45) is 1.66. The van der Waals surface area contributed by atoms with Crippen molar-refractivity contribution in [2.24, 2.45) is 0 Å². The van der Waals surface area contributed by atoms with Crippen molar-refractivity contribution in [2.45, 2.75) is 25.9 Å². The lowest BCUT2D eigenvalue weighted by molar-refractivity contribution is 0.148. The van der Waals surface area contributed by atoms with Crippen molar-refractivity contribution in [1.82, 2.24) is 4.90 Å². The molecule has 2 nitrogen and oxygen atoms in total. The maximum Gasteiger partial charge on any atom is 0.0549 e. The summed E-state index contributed by atoms with van der Waals surface area (Å²) in [4.78, 5) is 2.08. The second-order valence-corrected chi connectivity index (χ2v) is 2.65. The minimum Gasteiger partial charge on any atom is -0.393 e. The Labute approximate surface area is 81.8 Å². The highest BCUT2D eigenvalue weighted by Gasteiger charge is 1.99. The molecule has 0 amide bonds. The zero-order valence-corrected chi connectivity index (χ0v) is 9.04. The maximum absolute atomic E-state index is 9.08. The Morgan fingerprint density at radius 3 is 2.00 bits per heavy atom. The third-order valence-electron chi connectivity index (χ3n) is 1.38. The van der Waals surface area contributed by atoms with Gasteiger partial charge in [0.1, 0.15) is 0 Å². The third kappa shape index (κ3) is 13.5. The zero-order chi connectivity index (χ0) is 7.28. The Morgan fingerprint density at radius 2 is 1.73 bits per heavy atom. The zero-order valence-electron chi connectivity index (χ0n) is 7.41. The SMILES string of the molecule is CCC(O)CCN(C)C.Cl.Cl. The molecule has 72 valence electrons. The molecule has 0 aromatic rings. The largest absolute Gasteiger partial charge is 0.393 e. The quantitative estimate of drug-likeness (QED) is 0.751. The van der Waals surface area contributed by atoms with Crippen molar-refractivity contribution < 1.29 is 5.11 Å². The van der Waals surface area contributed by atoms with E-state index in [0.717, 1.165) is 19.4 Å². The normalized spacial score (nSPS) is 11.7. The van der Waals surface area contributed by atoms with Gasteiger partial charge in [-0.05, 0) is 33.5 Å². The highest BCUT2D eigenvalue weighted by molar-refractivity contribution is 5.85. The van der Waals surface area contributed by atoms with E-state index >= 15 is 0 Å². The van der Waals surface area contributed by atoms with Crippen LogP contribution in [0.15, 0.2) is 0 Å². The molecule has 1 N–H and O–H groups in total. The van der Waals surface area contributed by atoms with Crippen molar-refractivity contribution in [3.05, 3.63) is 0 Å². The van der Waals surface area contributed by atoms with E-state index in [2.05, 4.69) is 4.90 Å². The van der Waals surface area contributed by atoms with Crippen molar-refractivity contribution in [3.8, 4) is 0 Å². The Balaban J connectivity index is -0.000000320. The maximum atomic E-state index is 9.08. The van der Waals surface area contributed by atoms with E-state index in [1.165, 1.54) is 0 Å². The van der Waals surface area contributed by atoms with Crippen molar-refractivity contribution >= 4 is 24.8 Å². The van der Waals surface area contributed by atoms with Crippen LogP contribution in [0.1, 0.15) is 19.8 Å².